The molecule has 27 heavy (non-hydrogen) atoms. The first-order chi connectivity index (χ1) is 13.0. The van der Waals surface area contributed by atoms with Crippen molar-refractivity contribution < 1.29 is 4.74 Å². The summed E-state index contributed by atoms with van der Waals surface area (Å²) in [5.41, 5.74) is 4.81. The van der Waals surface area contributed by atoms with Gasteiger partial charge in [-0.05, 0) is 35.9 Å². The second kappa shape index (κ2) is 7.48. The number of fused-ring (bicyclic) bond motifs is 3. The van der Waals surface area contributed by atoms with Gasteiger partial charge in [-0.25, -0.2) is 0 Å². The summed E-state index contributed by atoms with van der Waals surface area (Å²) in [5, 5.41) is 12.6. The van der Waals surface area contributed by atoms with E-state index in [0.29, 0.717) is 22.6 Å². The molecule has 3 aromatic rings. The molecule has 2 heterocycles. The number of nitrogens with zero attached hydrogens (tertiary/aromatic N) is 3. The number of halogens is 1. The Bertz CT molecular complexity index is 978. The van der Waals surface area contributed by atoms with Crippen LogP contribution < -0.4 is 10.1 Å². The average molecular weight is 443 g/mol. The lowest BCUT2D eigenvalue weighted by Gasteiger charge is -2.20. The second-order valence-corrected chi connectivity index (χ2v) is 8.29. The molecule has 0 saturated heterocycles. The molecule has 0 saturated carbocycles. The molecule has 5 nitrogen and oxygen atoms in total. The maximum Gasteiger partial charge on any atom is 0.247 e. The standard InChI is InChI=1S/C20H19BrN4OS/c1-11(2)12-4-6-13(7-5-12)18-22-16-9-8-14(21)10-15(16)17-19(26-18)23-20(27-3)25-24-17/h4-11,18,22H,1-3H3. The molecular weight excluding hydrogens is 424 g/mol. The van der Waals surface area contributed by atoms with E-state index in [1.54, 1.807) is 0 Å². The number of hydrogen-bond donors (Lipinski definition) is 1. The molecule has 4 rings (SSSR count). The van der Waals surface area contributed by atoms with Gasteiger partial charge in [0.25, 0.3) is 0 Å². The van der Waals surface area contributed by atoms with Crippen LogP contribution in [0.2, 0.25) is 0 Å². The quantitative estimate of drug-likeness (QED) is 0.528. The lowest BCUT2D eigenvalue weighted by molar-refractivity contribution is 0.225. The Hall–Kier alpha value is -2.12. The third-order valence-electron chi connectivity index (χ3n) is 4.48. The van der Waals surface area contributed by atoms with Crippen LogP contribution in [0, 0.1) is 0 Å². The number of rotatable bonds is 3. The van der Waals surface area contributed by atoms with Crippen molar-refractivity contribution in [2.24, 2.45) is 0 Å². The van der Waals surface area contributed by atoms with Gasteiger partial charge >= 0.3 is 0 Å². The van der Waals surface area contributed by atoms with E-state index >= 15 is 0 Å². The number of thioether (sulfide) groups is 1. The highest BCUT2D eigenvalue weighted by atomic mass is 79.9. The molecule has 1 aromatic heterocycles. The van der Waals surface area contributed by atoms with Crippen molar-refractivity contribution in [3.05, 3.63) is 58.1 Å². The molecule has 1 unspecified atom stereocenters. The predicted molar refractivity (Wildman–Crippen MR) is 112 cm³/mol. The zero-order chi connectivity index (χ0) is 19.0. The maximum absolute atomic E-state index is 6.25. The lowest BCUT2D eigenvalue weighted by Crippen LogP contribution is -2.17. The molecule has 1 aliphatic heterocycles. The molecule has 0 spiro atoms. The first kappa shape index (κ1) is 18.3. The van der Waals surface area contributed by atoms with Gasteiger partial charge in [0.2, 0.25) is 11.0 Å². The first-order valence-corrected chi connectivity index (χ1v) is 10.7. The van der Waals surface area contributed by atoms with Crippen molar-refractivity contribution in [2.45, 2.75) is 31.1 Å². The molecule has 0 radical (unpaired) electrons. The minimum atomic E-state index is -0.362. The summed E-state index contributed by atoms with van der Waals surface area (Å²) in [6.07, 6.45) is 1.56. The van der Waals surface area contributed by atoms with E-state index in [2.05, 4.69) is 74.5 Å². The fourth-order valence-electron chi connectivity index (χ4n) is 2.96. The summed E-state index contributed by atoms with van der Waals surface area (Å²) in [5.74, 6) is 0.971. The Labute approximate surface area is 171 Å². The highest BCUT2D eigenvalue weighted by Gasteiger charge is 2.26. The zero-order valence-corrected chi connectivity index (χ0v) is 17.6. The molecular formula is C20H19BrN4OS. The summed E-state index contributed by atoms with van der Waals surface area (Å²) in [6.45, 7) is 4.37. The van der Waals surface area contributed by atoms with Crippen molar-refractivity contribution in [3.63, 3.8) is 0 Å². The van der Waals surface area contributed by atoms with Gasteiger partial charge in [0.15, 0.2) is 11.9 Å². The van der Waals surface area contributed by atoms with Gasteiger partial charge in [-0.1, -0.05) is 65.8 Å². The number of benzene rings is 2. The molecule has 138 valence electrons. The SMILES string of the molecule is CSc1nnc2c(n1)OC(c1ccc(C(C)C)cc1)Nc1ccc(Br)cc1-2. The number of anilines is 1. The average Bonchev–Trinajstić information content (AvgIpc) is 2.84. The van der Waals surface area contributed by atoms with Gasteiger partial charge in [-0.2, -0.15) is 4.98 Å². The monoisotopic (exact) mass is 442 g/mol. The Morgan fingerprint density at radius 2 is 1.89 bits per heavy atom. The molecule has 0 bridgehead atoms. The van der Waals surface area contributed by atoms with Crippen molar-refractivity contribution in [2.75, 3.05) is 11.6 Å². The fraction of sp³-hybridized carbons (Fsp3) is 0.250. The lowest BCUT2D eigenvalue weighted by atomic mass is 10.0. The summed E-state index contributed by atoms with van der Waals surface area (Å²) in [7, 11) is 0. The van der Waals surface area contributed by atoms with E-state index in [4.69, 9.17) is 4.74 Å². The fourth-order valence-corrected chi connectivity index (χ4v) is 3.62. The summed E-state index contributed by atoms with van der Waals surface area (Å²) < 4.78 is 7.22. The third-order valence-corrected chi connectivity index (χ3v) is 5.51. The smallest absolute Gasteiger partial charge is 0.247 e. The van der Waals surface area contributed by atoms with Crippen LogP contribution in [0.25, 0.3) is 11.3 Å². The van der Waals surface area contributed by atoms with Gasteiger partial charge in [-0.3, -0.25) is 0 Å². The number of aromatic nitrogens is 3. The van der Waals surface area contributed by atoms with E-state index in [1.807, 2.05) is 24.5 Å². The normalized spacial score (nSPS) is 15.4. The number of ether oxygens (including phenoxy) is 1. The Morgan fingerprint density at radius 1 is 1.11 bits per heavy atom. The van der Waals surface area contributed by atoms with Crippen LogP contribution in [0.5, 0.6) is 5.88 Å². The second-order valence-electron chi connectivity index (χ2n) is 6.61. The molecule has 2 aromatic carbocycles. The molecule has 7 heteroatoms. The number of hydrogen-bond acceptors (Lipinski definition) is 6. The van der Waals surface area contributed by atoms with E-state index in [0.717, 1.165) is 21.3 Å². The molecule has 1 N–H and O–H groups in total. The summed E-state index contributed by atoms with van der Waals surface area (Å²) in [4.78, 5) is 4.55. The zero-order valence-electron chi connectivity index (χ0n) is 15.2. The third kappa shape index (κ3) is 3.66. The van der Waals surface area contributed by atoms with Gasteiger partial charge in [0.05, 0.1) is 0 Å². The molecule has 1 aliphatic rings. The molecule has 0 fully saturated rings. The molecule has 1 atom stereocenters. The number of nitrogens with one attached hydrogen (secondary N) is 1. The van der Waals surface area contributed by atoms with E-state index < -0.39 is 0 Å². The Morgan fingerprint density at radius 3 is 2.59 bits per heavy atom. The van der Waals surface area contributed by atoms with Gasteiger partial charge in [-0.15, -0.1) is 10.2 Å². The van der Waals surface area contributed by atoms with Crippen molar-refractivity contribution in [1.82, 2.24) is 15.2 Å². The van der Waals surface area contributed by atoms with Crippen molar-refractivity contribution >= 4 is 33.4 Å². The van der Waals surface area contributed by atoms with Crippen LogP contribution in [0.1, 0.15) is 37.1 Å². The maximum atomic E-state index is 6.25. The van der Waals surface area contributed by atoms with Crippen LogP contribution in [0.3, 0.4) is 0 Å². The summed E-state index contributed by atoms with van der Waals surface area (Å²) in [6, 6.07) is 14.5. The van der Waals surface area contributed by atoms with E-state index in [-0.39, 0.29) is 6.23 Å². The van der Waals surface area contributed by atoms with Crippen LogP contribution in [0.15, 0.2) is 52.1 Å². The van der Waals surface area contributed by atoms with Crippen LogP contribution in [-0.2, 0) is 0 Å². The van der Waals surface area contributed by atoms with Crippen molar-refractivity contribution in [1.29, 1.82) is 0 Å². The largest absolute Gasteiger partial charge is 0.448 e. The van der Waals surface area contributed by atoms with Gasteiger partial charge in [0.1, 0.15) is 0 Å². The Balaban J connectivity index is 1.81. The highest BCUT2D eigenvalue weighted by molar-refractivity contribution is 9.10. The molecule has 0 aliphatic carbocycles. The molecule has 0 amide bonds. The minimum absolute atomic E-state index is 0.362. The predicted octanol–water partition coefficient (Wildman–Crippen LogP) is 5.65. The van der Waals surface area contributed by atoms with E-state index in [1.165, 1.54) is 17.3 Å². The minimum Gasteiger partial charge on any atom is -0.448 e. The van der Waals surface area contributed by atoms with Crippen LogP contribution in [-0.4, -0.2) is 21.4 Å². The van der Waals surface area contributed by atoms with E-state index in [9.17, 15) is 0 Å². The topological polar surface area (TPSA) is 59.9 Å². The first-order valence-electron chi connectivity index (χ1n) is 8.67. The van der Waals surface area contributed by atoms with Crippen LogP contribution >= 0.6 is 27.7 Å². The highest BCUT2D eigenvalue weighted by Crippen LogP contribution is 2.40. The summed E-state index contributed by atoms with van der Waals surface area (Å²) >= 11 is 4.98. The van der Waals surface area contributed by atoms with Crippen LogP contribution in [0.4, 0.5) is 5.69 Å². The van der Waals surface area contributed by atoms with Gasteiger partial charge < -0.3 is 10.1 Å². The van der Waals surface area contributed by atoms with Crippen molar-refractivity contribution in [3.8, 4) is 17.1 Å². The Kier molecular flexibility index (Phi) is 5.06. The van der Waals surface area contributed by atoms with Gasteiger partial charge in [0, 0.05) is 21.3 Å².